The van der Waals surface area contributed by atoms with Gasteiger partial charge >= 0.3 is 0 Å². The number of benzene rings is 2. The van der Waals surface area contributed by atoms with Gasteiger partial charge in [0.2, 0.25) is 0 Å². The van der Waals surface area contributed by atoms with Crippen LogP contribution in [0, 0.1) is 13.8 Å². The van der Waals surface area contributed by atoms with Gasteiger partial charge < -0.3 is 4.90 Å². The molecule has 2 aromatic carbocycles. The Hall–Kier alpha value is -3.18. The van der Waals surface area contributed by atoms with E-state index in [1.54, 1.807) is 0 Å². The molecule has 5 rings (SSSR count). The number of hydrogen-bond donors (Lipinski definition) is 0. The van der Waals surface area contributed by atoms with Crippen LogP contribution in [0.15, 0.2) is 65.7 Å². The third kappa shape index (κ3) is 2.97. The van der Waals surface area contributed by atoms with E-state index in [-0.39, 0.29) is 11.8 Å². The smallest absolute Gasteiger partial charge is 0.282 e. The Morgan fingerprint density at radius 1 is 0.867 bits per heavy atom. The van der Waals surface area contributed by atoms with Gasteiger partial charge in [-0.25, -0.2) is 4.90 Å². The van der Waals surface area contributed by atoms with Gasteiger partial charge in [-0.2, -0.15) is 0 Å². The fraction of sp³-hybridized carbons (Fsp3) is 0.200. The molecule has 0 bridgehead atoms. The molecule has 2 aliphatic rings. The number of amides is 2. The second kappa shape index (κ2) is 7.26. The summed E-state index contributed by atoms with van der Waals surface area (Å²) in [6.07, 6.45) is 0.864. The van der Waals surface area contributed by atoms with Crippen LogP contribution in [0.3, 0.4) is 0 Å². The van der Waals surface area contributed by atoms with E-state index in [4.69, 9.17) is 0 Å². The van der Waals surface area contributed by atoms with Crippen molar-refractivity contribution in [3.05, 3.63) is 92.8 Å². The zero-order valence-electron chi connectivity index (χ0n) is 17.0. The Morgan fingerprint density at radius 2 is 1.67 bits per heavy atom. The first-order valence-corrected chi connectivity index (χ1v) is 11.0. The minimum atomic E-state index is -0.237. The molecule has 1 aromatic heterocycles. The molecule has 0 unspecified atom stereocenters. The first-order chi connectivity index (χ1) is 14.5. The number of thiophene rings is 1. The molecule has 0 saturated carbocycles. The summed E-state index contributed by atoms with van der Waals surface area (Å²) in [6, 6.07) is 17.9. The van der Waals surface area contributed by atoms with Crippen molar-refractivity contribution < 1.29 is 9.59 Å². The Bertz CT molecular complexity index is 1190. The SMILES string of the molecule is Cc1ccc(N2C(=O)C(c3cccs3)=C(N3CCc4ccccc4C3)C2=O)cc1C. The summed E-state index contributed by atoms with van der Waals surface area (Å²) in [7, 11) is 0. The van der Waals surface area contributed by atoms with Crippen LogP contribution < -0.4 is 4.90 Å². The zero-order valence-corrected chi connectivity index (χ0v) is 17.8. The van der Waals surface area contributed by atoms with Gasteiger partial charge in [0.1, 0.15) is 5.70 Å². The quantitative estimate of drug-likeness (QED) is 0.583. The van der Waals surface area contributed by atoms with Crippen LogP contribution >= 0.6 is 11.3 Å². The van der Waals surface area contributed by atoms with E-state index in [1.807, 2.05) is 55.6 Å². The van der Waals surface area contributed by atoms with Gasteiger partial charge in [0.05, 0.1) is 11.3 Å². The molecule has 0 radical (unpaired) electrons. The van der Waals surface area contributed by atoms with Gasteiger partial charge in [0.25, 0.3) is 11.8 Å². The Balaban J connectivity index is 1.60. The van der Waals surface area contributed by atoms with E-state index >= 15 is 0 Å². The maximum absolute atomic E-state index is 13.6. The van der Waals surface area contributed by atoms with Crippen molar-refractivity contribution in [1.29, 1.82) is 0 Å². The predicted octanol–water partition coefficient (Wildman–Crippen LogP) is 4.71. The van der Waals surface area contributed by atoms with Crippen molar-refractivity contribution in [2.24, 2.45) is 0 Å². The highest BCUT2D eigenvalue weighted by Crippen LogP contribution is 2.38. The standard InChI is InChI=1S/C25H22N2O2S/c1-16-9-10-20(14-17(16)2)27-24(28)22(21-8-5-13-30-21)23(25(27)29)26-12-11-18-6-3-4-7-19(18)15-26/h3-10,13-14H,11-12,15H2,1-2H3. The van der Waals surface area contributed by atoms with Gasteiger partial charge in [-0.3, -0.25) is 9.59 Å². The van der Waals surface area contributed by atoms with E-state index in [9.17, 15) is 9.59 Å². The monoisotopic (exact) mass is 414 g/mol. The summed E-state index contributed by atoms with van der Waals surface area (Å²) < 4.78 is 0. The van der Waals surface area contributed by atoms with E-state index in [1.165, 1.54) is 27.4 Å². The Labute approximate surface area is 180 Å². The molecule has 150 valence electrons. The lowest BCUT2D eigenvalue weighted by molar-refractivity contribution is -0.120. The van der Waals surface area contributed by atoms with Crippen LogP contribution in [0.4, 0.5) is 5.69 Å². The molecule has 3 heterocycles. The number of carbonyl (C=O) groups is 2. The van der Waals surface area contributed by atoms with Gasteiger partial charge in [0, 0.05) is 18.0 Å². The fourth-order valence-electron chi connectivity index (χ4n) is 4.24. The summed E-state index contributed by atoms with van der Waals surface area (Å²) in [5.74, 6) is -0.467. The van der Waals surface area contributed by atoms with Crippen molar-refractivity contribution in [1.82, 2.24) is 4.90 Å². The highest BCUT2D eigenvalue weighted by atomic mass is 32.1. The third-order valence-corrected chi connectivity index (χ3v) is 6.91. The van der Waals surface area contributed by atoms with E-state index in [2.05, 4.69) is 23.1 Å². The predicted molar refractivity (Wildman–Crippen MR) is 120 cm³/mol. The molecular formula is C25H22N2O2S. The normalized spacial score (nSPS) is 16.5. The third-order valence-electron chi connectivity index (χ3n) is 6.02. The van der Waals surface area contributed by atoms with Crippen molar-refractivity contribution in [2.75, 3.05) is 11.4 Å². The lowest BCUT2D eigenvalue weighted by atomic mass is 9.99. The number of fused-ring (bicyclic) bond motifs is 1. The number of rotatable bonds is 3. The van der Waals surface area contributed by atoms with Gasteiger partial charge in [-0.05, 0) is 66.1 Å². The van der Waals surface area contributed by atoms with Crippen molar-refractivity contribution in [3.63, 3.8) is 0 Å². The Kier molecular flexibility index (Phi) is 4.55. The van der Waals surface area contributed by atoms with Crippen molar-refractivity contribution in [2.45, 2.75) is 26.8 Å². The molecule has 0 aliphatic carbocycles. The molecule has 5 heteroatoms. The highest BCUT2D eigenvalue weighted by molar-refractivity contribution is 7.11. The number of anilines is 1. The number of hydrogen-bond acceptors (Lipinski definition) is 4. The first kappa shape index (κ1) is 18.8. The summed E-state index contributed by atoms with van der Waals surface area (Å²) in [5.41, 5.74) is 6.40. The lowest BCUT2D eigenvalue weighted by Crippen LogP contribution is -2.37. The van der Waals surface area contributed by atoms with Crippen LogP contribution in [-0.2, 0) is 22.6 Å². The molecule has 2 amide bonds. The molecule has 0 saturated heterocycles. The van der Waals surface area contributed by atoms with E-state index in [0.29, 0.717) is 23.5 Å². The molecule has 3 aromatic rings. The lowest BCUT2D eigenvalue weighted by Gasteiger charge is -2.31. The van der Waals surface area contributed by atoms with Gasteiger partial charge in [-0.1, -0.05) is 36.4 Å². The maximum atomic E-state index is 13.6. The highest BCUT2D eigenvalue weighted by Gasteiger charge is 2.43. The molecule has 0 atom stereocenters. The summed E-state index contributed by atoms with van der Waals surface area (Å²) in [6.45, 7) is 5.39. The molecular weight excluding hydrogens is 392 g/mol. The van der Waals surface area contributed by atoms with Gasteiger partial charge in [-0.15, -0.1) is 11.3 Å². The molecule has 0 N–H and O–H groups in total. The number of aryl methyl sites for hydroxylation is 2. The van der Waals surface area contributed by atoms with Crippen LogP contribution in [0.2, 0.25) is 0 Å². The van der Waals surface area contributed by atoms with Crippen molar-refractivity contribution >= 4 is 34.4 Å². The second-order valence-electron chi connectivity index (χ2n) is 7.86. The summed E-state index contributed by atoms with van der Waals surface area (Å²) in [5, 5.41) is 1.95. The zero-order chi connectivity index (χ0) is 20.8. The number of imide groups is 1. The Morgan fingerprint density at radius 3 is 2.40 bits per heavy atom. The molecule has 0 spiro atoms. The average Bonchev–Trinajstić information content (AvgIpc) is 3.36. The minimum Gasteiger partial charge on any atom is -0.362 e. The molecule has 4 nitrogen and oxygen atoms in total. The largest absolute Gasteiger partial charge is 0.362 e. The van der Waals surface area contributed by atoms with Crippen LogP contribution in [0.5, 0.6) is 0 Å². The van der Waals surface area contributed by atoms with E-state index in [0.717, 1.165) is 29.0 Å². The summed E-state index contributed by atoms with van der Waals surface area (Å²) >= 11 is 1.50. The maximum Gasteiger partial charge on any atom is 0.282 e. The van der Waals surface area contributed by atoms with Crippen LogP contribution in [-0.4, -0.2) is 23.3 Å². The summed E-state index contributed by atoms with van der Waals surface area (Å²) in [4.78, 5) is 31.4. The first-order valence-electron chi connectivity index (χ1n) is 10.1. The molecule has 0 fully saturated rings. The topological polar surface area (TPSA) is 40.6 Å². The van der Waals surface area contributed by atoms with E-state index < -0.39 is 0 Å². The second-order valence-corrected chi connectivity index (χ2v) is 8.80. The van der Waals surface area contributed by atoms with Crippen molar-refractivity contribution in [3.8, 4) is 0 Å². The van der Waals surface area contributed by atoms with Crippen LogP contribution in [0.25, 0.3) is 5.57 Å². The van der Waals surface area contributed by atoms with Gasteiger partial charge in [0.15, 0.2) is 0 Å². The molecule has 30 heavy (non-hydrogen) atoms. The minimum absolute atomic E-state index is 0.231. The average molecular weight is 415 g/mol. The number of carbonyl (C=O) groups excluding carboxylic acids is 2. The van der Waals surface area contributed by atoms with Crippen LogP contribution in [0.1, 0.15) is 27.1 Å². The molecule has 2 aliphatic heterocycles. The number of nitrogens with zero attached hydrogens (tertiary/aromatic N) is 2. The fourth-order valence-corrected chi connectivity index (χ4v) is 5.00.